The Morgan fingerprint density at radius 2 is 1.78 bits per heavy atom. The van der Waals surface area contributed by atoms with Gasteiger partial charge < -0.3 is 20.6 Å². The van der Waals surface area contributed by atoms with Crippen LogP contribution in [0.1, 0.15) is 10.4 Å². The number of nitrogens with zero attached hydrogens (tertiary/aromatic N) is 1. The van der Waals surface area contributed by atoms with Crippen molar-refractivity contribution >= 4 is 27.7 Å². The van der Waals surface area contributed by atoms with Crippen molar-refractivity contribution in [3.63, 3.8) is 0 Å². The largest absolute Gasteiger partial charge is 0.354 e. The van der Waals surface area contributed by atoms with E-state index in [0.717, 1.165) is 27.5 Å². The highest BCUT2D eigenvalue weighted by Crippen LogP contribution is 2.25. The molecule has 27 heavy (non-hydrogen) atoms. The molecule has 4 N–H and O–H groups in total. The number of aromatic nitrogens is 2. The number of hydrogen-bond donors (Lipinski definition) is 3. The molecule has 6 nitrogen and oxygen atoms in total. The van der Waals surface area contributed by atoms with Crippen molar-refractivity contribution in [3.05, 3.63) is 70.5 Å². The first-order valence-corrected chi connectivity index (χ1v) is 8.77. The fourth-order valence-electron chi connectivity index (χ4n) is 3.27. The van der Waals surface area contributed by atoms with E-state index < -0.39 is 0 Å². The number of H-pyrrole nitrogens is 2. The lowest BCUT2D eigenvalue weighted by molar-refractivity contribution is 0.0799. The maximum absolute atomic E-state index is 12.5. The standard InChI is InChI=1S/C21H20N4O2/c1-25(9-8-22)21(27)14-6-7-18-15(10-14)12-19(23-18)16-11-13-4-2-3-5-17(13)24-20(16)26/h2-7,10-12,23H,8-9,22H2,1H3,(H,24,26). The highest BCUT2D eigenvalue weighted by Gasteiger charge is 2.14. The molecule has 4 rings (SSSR count). The van der Waals surface area contributed by atoms with Gasteiger partial charge in [-0.3, -0.25) is 9.59 Å². The lowest BCUT2D eigenvalue weighted by Crippen LogP contribution is -2.31. The van der Waals surface area contributed by atoms with E-state index in [9.17, 15) is 9.59 Å². The third-order valence-corrected chi connectivity index (χ3v) is 4.72. The van der Waals surface area contributed by atoms with Crippen molar-refractivity contribution in [2.24, 2.45) is 5.73 Å². The van der Waals surface area contributed by atoms with Crippen LogP contribution in [0.2, 0.25) is 0 Å². The van der Waals surface area contributed by atoms with Crippen LogP contribution in [-0.4, -0.2) is 40.9 Å². The molecule has 2 aromatic heterocycles. The zero-order valence-electron chi connectivity index (χ0n) is 15.0. The molecule has 0 unspecified atom stereocenters. The number of pyridine rings is 1. The molecule has 0 aliphatic carbocycles. The first-order chi connectivity index (χ1) is 13.1. The van der Waals surface area contributed by atoms with E-state index in [-0.39, 0.29) is 11.5 Å². The molecule has 2 aromatic carbocycles. The molecule has 4 aromatic rings. The number of para-hydroxylation sites is 1. The Balaban J connectivity index is 1.77. The summed E-state index contributed by atoms with van der Waals surface area (Å²) in [4.78, 5) is 32.7. The van der Waals surface area contributed by atoms with Gasteiger partial charge in [-0.05, 0) is 41.8 Å². The Bertz CT molecular complexity index is 1210. The van der Waals surface area contributed by atoms with E-state index >= 15 is 0 Å². The summed E-state index contributed by atoms with van der Waals surface area (Å²) in [5, 5.41) is 1.84. The minimum absolute atomic E-state index is 0.0753. The Hall–Kier alpha value is -3.38. The number of aromatic amines is 2. The van der Waals surface area contributed by atoms with Crippen molar-refractivity contribution in [1.82, 2.24) is 14.9 Å². The van der Waals surface area contributed by atoms with Crippen LogP contribution < -0.4 is 11.3 Å². The van der Waals surface area contributed by atoms with Crippen LogP contribution in [0, 0.1) is 0 Å². The second kappa shape index (κ2) is 6.74. The summed E-state index contributed by atoms with van der Waals surface area (Å²) < 4.78 is 0. The number of fused-ring (bicyclic) bond motifs is 2. The predicted octanol–water partition coefficient (Wildman–Crippen LogP) is 2.71. The molecule has 0 atom stereocenters. The second-order valence-electron chi connectivity index (χ2n) is 6.60. The molecule has 6 heteroatoms. The van der Waals surface area contributed by atoms with Crippen molar-refractivity contribution in [3.8, 4) is 11.3 Å². The van der Waals surface area contributed by atoms with Gasteiger partial charge in [0.25, 0.3) is 11.5 Å². The van der Waals surface area contributed by atoms with Crippen LogP contribution in [0.5, 0.6) is 0 Å². The number of nitrogens with two attached hydrogens (primary N) is 1. The van der Waals surface area contributed by atoms with Crippen LogP contribution >= 0.6 is 0 Å². The second-order valence-corrected chi connectivity index (χ2v) is 6.60. The number of rotatable bonds is 4. The van der Waals surface area contributed by atoms with Crippen molar-refractivity contribution in [1.29, 1.82) is 0 Å². The van der Waals surface area contributed by atoms with Gasteiger partial charge in [-0.2, -0.15) is 0 Å². The summed E-state index contributed by atoms with van der Waals surface area (Å²) in [5.41, 5.74) is 8.93. The average molecular weight is 360 g/mol. The summed E-state index contributed by atoms with van der Waals surface area (Å²) >= 11 is 0. The fraction of sp³-hybridized carbons (Fsp3) is 0.143. The predicted molar refractivity (Wildman–Crippen MR) is 108 cm³/mol. The summed E-state index contributed by atoms with van der Waals surface area (Å²) in [7, 11) is 1.73. The van der Waals surface area contributed by atoms with E-state index in [1.807, 2.05) is 48.5 Å². The quantitative estimate of drug-likeness (QED) is 0.522. The van der Waals surface area contributed by atoms with Gasteiger partial charge in [-0.25, -0.2) is 0 Å². The van der Waals surface area contributed by atoms with E-state index in [2.05, 4.69) is 9.97 Å². The van der Waals surface area contributed by atoms with Gasteiger partial charge in [0.2, 0.25) is 0 Å². The Labute approximate surface area is 155 Å². The van der Waals surface area contributed by atoms with Gasteiger partial charge in [-0.1, -0.05) is 18.2 Å². The fourth-order valence-corrected chi connectivity index (χ4v) is 3.27. The van der Waals surface area contributed by atoms with Crippen LogP contribution in [0.15, 0.2) is 59.4 Å². The first-order valence-electron chi connectivity index (χ1n) is 8.77. The molecule has 0 fully saturated rings. The lowest BCUT2D eigenvalue weighted by atomic mass is 10.1. The van der Waals surface area contributed by atoms with E-state index in [4.69, 9.17) is 5.73 Å². The topological polar surface area (TPSA) is 95.0 Å². The summed E-state index contributed by atoms with van der Waals surface area (Å²) in [6, 6.07) is 16.9. The molecule has 2 heterocycles. The van der Waals surface area contributed by atoms with Gasteiger partial charge in [0.1, 0.15) is 0 Å². The minimum atomic E-state index is -0.153. The Morgan fingerprint density at radius 3 is 2.59 bits per heavy atom. The Kier molecular flexibility index (Phi) is 4.25. The molecular formula is C21H20N4O2. The molecule has 1 amide bonds. The summed E-state index contributed by atoms with van der Waals surface area (Å²) in [6.07, 6.45) is 0. The van der Waals surface area contributed by atoms with Crippen molar-refractivity contribution < 1.29 is 4.79 Å². The molecule has 0 saturated heterocycles. The monoisotopic (exact) mass is 360 g/mol. The number of carbonyl (C=O) groups is 1. The first kappa shape index (κ1) is 17.1. The van der Waals surface area contributed by atoms with Gasteiger partial charge in [0.15, 0.2) is 0 Å². The molecule has 0 bridgehead atoms. The highest BCUT2D eigenvalue weighted by atomic mass is 16.2. The maximum Gasteiger partial charge on any atom is 0.257 e. The van der Waals surface area contributed by atoms with Crippen molar-refractivity contribution in [2.45, 2.75) is 0 Å². The van der Waals surface area contributed by atoms with E-state index in [1.54, 1.807) is 18.0 Å². The third kappa shape index (κ3) is 3.11. The number of nitrogens with one attached hydrogen (secondary N) is 2. The Morgan fingerprint density at radius 1 is 1.00 bits per heavy atom. The van der Waals surface area contributed by atoms with Crippen LogP contribution in [-0.2, 0) is 0 Å². The molecule has 0 radical (unpaired) electrons. The lowest BCUT2D eigenvalue weighted by Gasteiger charge is -2.15. The van der Waals surface area contributed by atoms with Crippen molar-refractivity contribution in [2.75, 3.05) is 20.1 Å². The molecule has 0 aliphatic rings. The zero-order chi connectivity index (χ0) is 19.0. The molecular weight excluding hydrogens is 340 g/mol. The van der Waals surface area contributed by atoms with Gasteiger partial charge in [-0.15, -0.1) is 0 Å². The molecule has 0 aliphatic heterocycles. The molecule has 136 valence electrons. The number of likely N-dealkylation sites (N-methyl/N-ethyl adjacent to an activating group) is 1. The van der Waals surface area contributed by atoms with E-state index in [0.29, 0.717) is 24.2 Å². The summed E-state index contributed by atoms with van der Waals surface area (Å²) in [5.74, 6) is -0.0753. The van der Waals surface area contributed by atoms with Crippen LogP contribution in [0.25, 0.3) is 33.1 Å². The SMILES string of the molecule is CN(CCN)C(=O)c1ccc2[nH]c(-c3cc4ccccc4[nH]c3=O)cc2c1. The molecule has 0 spiro atoms. The third-order valence-electron chi connectivity index (χ3n) is 4.72. The number of benzene rings is 2. The minimum Gasteiger partial charge on any atom is -0.354 e. The normalized spacial score (nSPS) is 11.2. The zero-order valence-corrected chi connectivity index (χ0v) is 15.0. The van der Waals surface area contributed by atoms with Crippen LogP contribution in [0.4, 0.5) is 0 Å². The summed E-state index contributed by atoms with van der Waals surface area (Å²) in [6.45, 7) is 0.922. The average Bonchev–Trinajstić information content (AvgIpc) is 3.10. The smallest absolute Gasteiger partial charge is 0.257 e. The maximum atomic E-state index is 12.5. The number of hydrogen-bond acceptors (Lipinski definition) is 3. The number of carbonyl (C=O) groups excluding carboxylic acids is 1. The number of amides is 1. The van der Waals surface area contributed by atoms with E-state index in [1.165, 1.54) is 0 Å². The molecule has 0 saturated carbocycles. The van der Waals surface area contributed by atoms with Gasteiger partial charge in [0, 0.05) is 42.1 Å². The van der Waals surface area contributed by atoms with Gasteiger partial charge in [0.05, 0.1) is 11.3 Å². The van der Waals surface area contributed by atoms with Crippen LogP contribution in [0.3, 0.4) is 0 Å². The highest BCUT2D eigenvalue weighted by molar-refractivity contribution is 5.99. The van der Waals surface area contributed by atoms with Gasteiger partial charge >= 0.3 is 0 Å².